The van der Waals surface area contributed by atoms with Gasteiger partial charge < -0.3 is 10.1 Å². The van der Waals surface area contributed by atoms with Crippen molar-refractivity contribution in [3.05, 3.63) is 83.7 Å². The SMILES string of the molecule is Cc1ccc(COCC(F)(F)F)c(N2C(=O)CSC2=NC(=O)Nc2ccc(-c3ncn(-c4ccc(SC(F)(F)F)cc4)n3)cc2C)c1. The third-order valence-electron chi connectivity index (χ3n) is 6.52. The summed E-state index contributed by atoms with van der Waals surface area (Å²) >= 11 is 0.805. The fourth-order valence-electron chi connectivity index (χ4n) is 4.46. The maximum Gasteiger partial charge on any atom is 0.446 e. The monoisotopic (exact) mass is 694 g/mol. The van der Waals surface area contributed by atoms with Crippen molar-refractivity contribution in [2.45, 2.75) is 37.0 Å². The Bertz CT molecular complexity index is 1830. The Morgan fingerprint density at radius 3 is 2.47 bits per heavy atom. The number of nitrogens with zero attached hydrogens (tertiary/aromatic N) is 5. The van der Waals surface area contributed by atoms with Crippen LogP contribution in [0.5, 0.6) is 0 Å². The molecule has 0 atom stereocenters. The van der Waals surface area contributed by atoms with Crippen molar-refractivity contribution in [2.24, 2.45) is 4.99 Å². The maximum absolute atomic E-state index is 13.0. The van der Waals surface area contributed by atoms with E-state index in [4.69, 9.17) is 4.74 Å². The lowest BCUT2D eigenvalue weighted by atomic mass is 10.1. The van der Waals surface area contributed by atoms with Crippen LogP contribution in [0.25, 0.3) is 17.1 Å². The molecule has 4 aromatic rings. The molecule has 1 aliphatic rings. The zero-order chi connectivity index (χ0) is 33.9. The average Bonchev–Trinajstić information content (AvgIpc) is 3.61. The minimum atomic E-state index is -4.51. The van der Waals surface area contributed by atoms with Gasteiger partial charge in [0.05, 0.1) is 23.7 Å². The van der Waals surface area contributed by atoms with Crippen LogP contribution >= 0.6 is 23.5 Å². The Labute approximate surface area is 272 Å². The number of halogens is 6. The number of aliphatic imine (C=N–C) groups is 1. The molecule has 17 heteroatoms. The second-order valence-corrected chi connectivity index (χ2v) is 12.2. The first-order valence-corrected chi connectivity index (χ1v) is 15.4. The van der Waals surface area contributed by atoms with Gasteiger partial charge >= 0.3 is 17.7 Å². The maximum atomic E-state index is 13.0. The minimum Gasteiger partial charge on any atom is -0.367 e. The molecule has 1 saturated heterocycles. The fraction of sp³-hybridized carbons (Fsp3) is 0.233. The summed E-state index contributed by atoms with van der Waals surface area (Å²) in [5.74, 6) is -0.0788. The van der Waals surface area contributed by atoms with Gasteiger partial charge in [-0.15, -0.1) is 5.10 Å². The normalized spacial score (nSPS) is 14.7. The van der Waals surface area contributed by atoms with Crippen molar-refractivity contribution in [2.75, 3.05) is 22.6 Å². The first-order chi connectivity index (χ1) is 22.1. The number of amidine groups is 1. The molecule has 3 aromatic carbocycles. The first-order valence-electron chi connectivity index (χ1n) is 13.6. The number of carbonyl (C=O) groups excluding carboxylic acids is 2. The molecule has 47 heavy (non-hydrogen) atoms. The van der Waals surface area contributed by atoms with Crippen LogP contribution in [0.2, 0.25) is 0 Å². The lowest BCUT2D eigenvalue weighted by Crippen LogP contribution is -2.31. The van der Waals surface area contributed by atoms with Crippen LogP contribution in [0.15, 0.2) is 76.9 Å². The van der Waals surface area contributed by atoms with Crippen LogP contribution in [0, 0.1) is 13.8 Å². The van der Waals surface area contributed by atoms with Gasteiger partial charge in [0.15, 0.2) is 11.0 Å². The van der Waals surface area contributed by atoms with Gasteiger partial charge in [-0.3, -0.25) is 9.69 Å². The Morgan fingerprint density at radius 2 is 1.79 bits per heavy atom. The van der Waals surface area contributed by atoms with Crippen molar-refractivity contribution in [1.29, 1.82) is 0 Å². The number of rotatable bonds is 8. The first kappa shape index (κ1) is 34.0. The van der Waals surface area contributed by atoms with Crippen LogP contribution in [-0.4, -0.2) is 55.9 Å². The van der Waals surface area contributed by atoms with E-state index in [1.807, 2.05) is 0 Å². The zero-order valence-corrected chi connectivity index (χ0v) is 26.2. The molecule has 5 rings (SSSR count). The molecule has 0 aliphatic carbocycles. The number of alkyl halides is 6. The summed E-state index contributed by atoms with van der Waals surface area (Å²) in [5.41, 5.74) is -0.883. The predicted octanol–water partition coefficient (Wildman–Crippen LogP) is 7.91. The molecular weight excluding hydrogens is 670 g/mol. The van der Waals surface area contributed by atoms with Gasteiger partial charge in [0.25, 0.3) is 0 Å². The van der Waals surface area contributed by atoms with E-state index in [1.165, 1.54) is 40.2 Å². The third kappa shape index (κ3) is 8.93. The summed E-state index contributed by atoms with van der Waals surface area (Å²) in [6, 6.07) is 14.8. The number of hydrogen-bond acceptors (Lipinski definition) is 7. The molecule has 246 valence electrons. The molecule has 3 amide bonds. The average molecular weight is 695 g/mol. The van der Waals surface area contributed by atoms with Crippen molar-refractivity contribution >= 4 is 52.0 Å². The molecule has 0 saturated carbocycles. The Hall–Kier alpha value is -4.35. The summed E-state index contributed by atoms with van der Waals surface area (Å²) < 4.78 is 82.0. The highest BCUT2D eigenvalue weighted by Gasteiger charge is 2.33. The second kappa shape index (κ2) is 13.8. The van der Waals surface area contributed by atoms with E-state index >= 15 is 0 Å². The van der Waals surface area contributed by atoms with Crippen molar-refractivity contribution < 1.29 is 40.7 Å². The van der Waals surface area contributed by atoms with Crippen LogP contribution < -0.4 is 10.2 Å². The van der Waals surface area contributed by atoms with Crippen molar-refractivity contribution in [1.82, 2.24) is 14.8 Å². The number of amides is 3. The molecule has 0 radical (unpaired) electrons. The second-order valence-electron chi connectivity index (χ2n) is 10.2. The lowest BCUT2D eigenvalue weighted by molar-refractivity contribution is -0.176. The molecule has 1 N–H and O–H groups in total. The fourth-order valence-corrected chi connectivity index (χ4v) is 5.85. The van der Waals surface area contributed by atoms with E-state index in [2.05, 4.69) is 20.4 Å². The van der Waals surface area contributed by atoms with Crippen molar-refractivity contribution in [3.8, 4) is 17.1 Å². The number of carbonyl (C=O) groups is 2. The number of anilines is 2. The van der Waals surface area contributed by atoms with Gasteiger partial charge in [0.1, 0.15) is 12.9 Å². The van der Waals surface area contributed by atoms with Crippen molar-refractivity contribution in [3.63, 3.8) is 0 Å². The molecule has 1 fully saturated rings. The number of benzene rings is 3. The molecular formula is C30H24F6N6O3S2. The largest absolute Gasteiger partial charge is 0.446 e. The molecule has 2 heterocycles. The number of ether oxygens (including phenoxy) is 1. The lowest BCUT2D eigenvalue weighted by Gasteiger charge is -2.21. The topological polar surface area (TPSA) is 102 Å². The van der Waals surface area contributed by atoms with Gasteiger partial charge in [-0.05, 0) is 85.3 Å². The minimum absolute atomic E-state index is 0.0209. The van der Waals surface area contributed by atoms with Crippen LogP contribution in [-0.2, 0) is 16.1 Å². The highest BCUT2D eigenvalue weighted by atomic mass is 32.2. The number of urea groups is 1. The highest BCUT2D eigenvalue weighted by molar-refractivity contribution is 8.15. The van der Waals surface area contributed by atoms with E-state index < -0.39 is 36.8 Å². The number of nitrogens with one attached hydrogen (secondary N) is 1. The van der Waals surface area contributed by atoms with Gasteiger partial charge in [0.2, 0.25) is 5.91 Å². The Kier molecular flexibility index (Phi) is 9.97. The number of thioether (sulfide) groups is 2. The standard InChI is InChI=1S/C30H24F6N6O3S2/c1-17-3-4-20(13-45-15-29(31,32)33)24(11-17)42-25(43)14-46-28(42)39-27(44)38-23-10-5-19(12-18(23)2)26-37-16-41(40-26)21-6-8-22(9-7-21)47-30(34,35)36/h3-12,16H,13-15H2,1-2H3,(H,38,44). The molecule has 9 nitrogen and oxygen atoms in total. The highest BCUT2D eigenvalue weighted by Crippen LogP contribution is 2.37. The molecule has 0 unspecified atom stereocenters. The van der Waals surface area contributed by atoms with E-state index in [-0.39, 0.29) is 33.3 Å². The number of aryl methyl sites for hydroxylation is 2. The summed E-state index contributed by atoms with van der Waals surface area (Å²) in [4.78, 5) is 35.4. The smallest absolute Gasteiger partial charge is 0.367 e. The summed E-state index contributed by atoms with van der Waals surface area (Å²) in [5, 5.41) is 7.14. The van der Waals surface area contributed by atoms with Gasteiger partial charge in [-0.1, -0.05) is 23.9 Å². The van der Waals surface area contributed by atoms with E-state index in [9.17, 15) is 35.9 Å². The molecule has 0 bridgehead atoms. The Balaban J connectivity index is 1.29. The quantitative estimate of drug-likeness (QED) is 0.148. The number of hydrogen-bond donors (Lipinski definition) is 1. The van der Waals surface area contributed by atoms with E-state index in [0.717, 1.165) is 17.3 Å². The van der Waals surface area contributed by atoms with Gasteiger partial charge in [-0.25, -0.2) is 14.5 Å². The summed E-state index contributed by atoms with van der Waals surface area (Å²) in [7, 11) is 0. The van der Waals surface area contributed by atoms with Gasteiger partial charge in [-0.2, -0.15) is 31.3 Å². The number of aromatic nitrogens is 3. The van der Waals surface area contributed by atoms with Crippen LogP contribution in [0.3, 0.4) is 0 Å². The third-order valence-corrected chi connectivity index (χ3v) is 8.18. The summed E-state index contributed by atoms with van der Waals surface area (Å²) in [6.07, 6.45) is -3.09. The van der Waals surface area contributed by atoms with E-state index in [0.29, 0.717) is 33.9 Å². The van der Waals surface area contributed by atoms with Crippen LogP contribution in [0.4, 0.5) is 42.5 Å². The zero-order valence-electron chi connectivity index (χ0n) is 24.5. The van der Waals surface area contributed by atoms with E-state index in [1.54, 1.807) is 50.2 Å². The predicted molar refractivity (Wildman–Crippen MR) is 167 cm³/mol. The van der Waals surface area contributed by atoms with Gasteiger partial charge in [0, 0.05) is 21.7 Å². The molecule has 1 aliphatic heterocycles. The van der Waals surface area contributed by atoms with Crippen LogP contribution in [0.1, 0.15) is 16.7 Å². The Morgan fingerprint density at radius 1 is 1.04 bits per heavy atom. The summed E-state index contributed by atoms with van der Waals surface area (Å²) in [6.45, 7) is 1.63. The molecule has 1 aromatic heterocycles. The molecule has 0 spiro atoms.